The third kappa shape index (κ3) is 3.51. The fourth-order valence-electron chi connectivity index (χ4n) is 1.66. The molecule has 0 unspecified atom stereocenters. The Morgan fingerprint density at radius 1 is 1.25 bits per heavy atom. The molecule has 0 spiro atoms. The molecular formula is C15H14FNO2S. The average Bonchev–Trinajstić information content (AvgIpc) is 2.44. The molecular weight excluding hydrogens is 277 g/mol. The van der Waals surface area contributed by atoms with Crippen molar-refractivity contribution >= 4 is 24.2 Å². The van der Waals surface area contributed by atoms with E-state index in [4.69, 9.17) is 4.74 Å². The molecule has 0 aromatic heterocycles. The second-order valence-electron chi connectivity index (χ2n) is 4.08. The van der Waals surface area contributed by atoms with Crippen molar-refractivity contribution in [2.75, 3.05) is 11.9 Å². The van der Waals surface area contributed by atoms with Crippen LogP contribution in [0.15, 0.2) is 47.4 Å². The van der Waals surface area contributed by atoms with E-state index in [1.165, 1.54) is 18.2 Å². The zero-order chi connectivity index (χ0) is 14.5. The van der Waals surface area contributed by atoms with Crippen LogP contribution in [-0.2, 0) is 0 Å². The molecule has 0 aliphatic carbocycles. The number of benzene rings is 2. The number of amides is 1. The molecule has 0 aliphatic heterocycles. The molecule has 0 atom stereocenters. The van der Waals surface area contributed by atoms with Gasteiger partial charge in [-0.15, -0.1) is 12.6 Å². The van der Waals surface area contributed by atoms with Gasteiger partial charge in [-0.3, -0.25) is 4.79 Å². The highest BCUT2D eigenvalue weighted by Gasteiger charge is 2.08. The fourth-order valence-corrected chi connectivity index (χ4v) is 1.87. The number of hydrogen-bond acceptors (Lipinski definition) is 3. The predicted octanol–water partition coefficient (Wildman–Crippen LogP) is 3.77. The Morgan fingerprint density at radius 2 is 1.95 bits per heavy atom. The van der Waals surface area contributed by atoms with Crippen molar-refractivity contribution < 1.29 is 13.9 Å². The molecule has 3 nitrogen and oxygen atoms in total. The predicted molar refractivity (Wildman–Crippen MR) is 79.2 cm³/mol. The number of carbonyl (C=O) groups is 1. The molecule has 5 heteroatoms. The molecule has 0 aliphatic rings. The molecule has 0 heterocycles. The number of hydrogen-bond donors (Lipinski definition) is 2. The number of rotatable bonds is 4. The number of nitrogens with one attached hydrogen (secondary N) is 1. The zero-order valence-corrected chi connectivity index (χ0v) is 11.8. The molecule has 0 fully saturated rings. The number of halogens is 1. The number of carbonyl (C=O) groups excluding carboxylic acids is 1. The van der Waals surface area contributed by atoms with Gasteiger partial charge in [-0.25, -0.2) is 4.39 Å². The van der Waals surface area contributed by atoms with E-state index >= 15 is 0 Å². The fraction of sp³-hybridized carbons (Fsp3) is 0.133. The summed E-state index contributed by atoms with van der Waals surface area (Å²) in [5.41, 5.74) is 0.994. The first-order valence-corrected chi connectivity index (χ1v) is 6.57. The Balaban J connectivity index is 2.08. The Labute approximate surface area is 122 Å². The van der Waals surface area contributed by atoms with Crippen LogP contribution >= 0.6 is 12.6 Å². The SMILES string of the molecule is CCOc1ccc(NC(=O)c2ccc(F)c(S)c2)cc1. The average molecular weight is 291 g/mol. The summed E-state index contributed by atoms with van der Waals surface area (Å²) in [6, 6.07) is 11.1. The van der Waals surface area contributed by atoms with Gasteiger partial charge in [0.05, 0.1) is 6.61 Å². The minimum absolute atomic E-state index is 0.143. The van der Waals surface area contributed by atoms with E-state index in [-0.39, 0.29) is 10.8 Å². The first-order chi connectivity index (χ1) is 9.60. The highest BCUT2D eigenvalue weighted by Crippen LogP contribution is 2.18. The zero-order valence-electron chi connectivity index (χ0n) is 10.9. The van der Waals surface area contributed by atoms with Crippen molar-refractivity contribution in [2.45, 2.75) is 11.8 Å². The molecule has 0 saturated carbocycles. The maximum absolute atomic E-state index is 13.1. The third-order valence-electron chi connectivity index (χ3n) is 2.63. The van der Waals surface area contributed by atoms with Crippen LogP contribution in [0.3, 0.4) is 0 Å². The second-order valence-corrected chi connectivity index (χ2v) is 4.56. The first-order valence-electron chi connectivity index (χ1n) is 6.13. The quantitative estimate of drug-likeness (QED) is 0.842. The van der Waals surface area contributed by atoms with E-state index < -0.39 is 5.82 Å². The number of ether oxygens (including phenoxy) is 1. The van der Waals surface area contributed by atoms with Crippen molar-refractivity contribution in [1.82, 2.24) is 0 Å². The Hall–Kier alpha value is -2.01. The van der Waals surface area contributed by atoms with Gasteiger partial charge in [0.2, 0.25) is 0 Å². The van der Waals surface area contributed by atoms with Gasteiger partial charge in [0, 0.05) is 16.1 Å². The first kappa shape index (κ1) is 14.4. The van der Waals surface area contributed by atoms with Crippen molar-refractivity contribution in [3.8, 4) is 5.75 Å². The van der Waals surface area contributed by atoms with Gasteiger partial charge < -0.3 is 10.1 Å². The van der Waals surface area contributed by atoms with Gasteiger partial charge in [-0.1, -0.05) is 0 Å². The molecule has 0 radical (unpaired) electrons. The molecule has 0 bridgehead atoms. The lowest BCUT2D eigenvalue weighted by atomic mass is 10.2. The molecule has 2 aromatic carbocycles. The lowest BCUT2D eigenvalue weighted by molar-refractivity contribution is 0.102. The lowest BCUT2D eigenvalue weighted by Gasteiger charge is -2.07. The highest BCUT2D eigenvalue weighted by molar-refractivity contribution is 7.80. The molecule has 20 heavy (non-hydrogen) atoms. The van der Waals surface area contributed by atoms with Crippen LogP contribution < -0.4 is 10.1 Å². The van der Waals surface area contributed by atoms with E-state index in [1.807, 2.05) is 6.92 Å². The maximum Gasteiger partial charge on any atom is 0.255 e. The van der Waals surface area contributed by atoms with E-state index in [0.29, 0.717) is 17.9 Å². The minimum Gasteiger partial charge on any atom is -0.494 e. The van der Waals surface area contributed by atoms with Gasteiger partial charge in [-0.2, -0.15) is 0 Å². The van der Waals surface area contributed by atoms with Crippen LogP contribution in [0.5, 0.6) is 5.75 Å². The van der Waals surface area contributed by atoms with Crippen LogP contribution in [0.2, 0.25) is 0 Å². The second kappa shape index (κ2) is 6.43. The summed E-state index contributed by atoms with van der Waals surface area (Å²) in [6.07, 6.45) is 0. The van der Waals surface area contributed by atoms with E-state index in [1.54, 1.807) is 24.3 Å². The Kier molecular flexibility index (Phi) is 4.63. The van der Waals surface area contributed by atoms with Crippen LogP contribution in [0, 0.1) is 5.82 Å². The molecule has 2 aromatic rings. The highest BCUT2D eigenvalue weighted by atomic mass is 32.1. The number of thiol groups is 1. The molecule has 1 N–H and O–H groups in total. The van der Waals surface area contributed by atoms with Gasteiger partial charge in [-0.05, 0) is 49.4 Å². The molecule has 104 valence electrons. The minimum atomic E-state index is -0.453. The number of anilines is 1. The van der Waals surface area contributed by atoms with E-state index in [0.717, 1.165) is 5.75 Å². The Bertz CT molecular complexity index is 614. The summed E-state index contributed by atoms with van der Waals surface area (Å²) in [7, 11) is 0. The summed E-state index contributed by atoms with van der Waals surface area (Å²) in [5.74, 6) is -0.0275. The van der Waals surface area contributed by atoms with Crippen LogP contribution in [-0.4, -0.2) is 12.5 Å². The monoisotopic (exact) mass is 291 g/mol. The van der Waals surface area contributed by atoms with Crippen molar-refractivity contribution in [3.63, 3.8) is 0 Å². The largest absolute Gasteiger partial charge is 0.494 e. The van der Waals surface area contributed by atoms with Gasteiger partial charge in [0.25, 0.3) is 5.91 Å². The summed E-state index contributed by atoms with van der Waals surface area (Å²) in [5, 5.41) is 2.72. The molecule has 0 saturated heterocycles. The summed E-state index contributed by atoms with van der Waals surface area (Å²) < 4.78 is 18.4. The van der Waals surface area contributed by atoms with Gasteiger partial charge in [0.1, 0.15) is 11.6 Å². The van der Waals surface area contributed by atoms with Crippen molar-refractivity contribution in [2.24, 2.45) is 0 Å². The normalized spacial score (nSPS) is 10.2. The topological polar surface area (TPSA) is 38.3 Å². The molecule has 1 amide bonds. The summed E-state index contributed by atoms with van der Waals surface area (Å²) in [6.45, 7) is 2.49. The smallest absolute Gasteiger partial charge is 0.255 e. The third-order valence-corrected chi connectivity index (χ3v) is 2.97. The maximum atomic E-state index is 13.1. The van der Waals surface area contributed by atoms with Crippen LogP contribution in [0.4, 0.5) is 10.1 Å². The molecule has 2 rings (SSSR count). The standard InChI is InChI=1S/C15H14FNO2S/c1-2-19-12-6-4-11(5-7-12)17-15(18)10-3-8-13(16)14(20)9-10/h3-9,20H,2H2,1H3,(H,17,18). The lowest BCUT2D eigenvalue weighted by Crippen LogP contribution is -2.12. The van der Waals surface area contributed by atoms with Crippen LogP contribution in [0.25, 0.3) is 0 Å². The van der Waals surface area contributed by atoms with E-state index in [2.05, 4.69) is 17.9 Å². The summed E-state index contributed by atoms with van der Waals surface area (Å²) >= 11 is 3.95. The van der Waals surface area contributed by atoms with Crippen molar-refractivity contribution in [3.05, 3.63) is 53.8 Å². The van der Waals surface area contributed by atoms with Gasteiger partial charge in [0.15, 0.2) is 0 Å². The van der Waals surface area contributed by atoms with E-state index in [9.17, 15) is 9.18 Å². The summed E-state index contributed by atoms with van der Waals surface area (Å²) in [4.78, 5) is 12.1. The van der Waals surface area contributed by atoms with Crippen molar-refractivity contribution in [1.29, 1.82) is 0 Å². The van der Waals surface area contributed by atoms with Gasteiger partial charge >= 0.3 is 0 Å². The van der Waals surface area contributed by atoms with Crippen LogP contribution in [0.1, 0.15) is 17.3 Å². The Morgan fingerprint density at radius 3 is 2.55 bits per heavy atom.